The van der Waals surface area contributed by atoms with Crippen molar-refractivity contribution in [2.45, 2.75) is 17.9 Å². The molecule has 2 aromatic carbocycles. The van der Waals surface area contributed by atoms with Gasteiger partial charge in [0.1, 0.15) is 11.9 Å². The maximum absolute atomic E-state index is 12.4. The number of amides is 1. The van der Waals surface area contributed by atoms with Crippen molar-refractivity contribution in [3.05, 3.63) is 54.1 Å². The first-order valence-corrected chi connectivity index (χ1v) is 9.56. The molecule has 7 nitrogen and oxygen atoms in total. The zero-order valence-corrected chi connectivity index (χ0v) is 15.3. The number of aryl methyl sites for hydroxylation is 1. The first kappa shape index (κ1) is 18.2. The van der Waals surface area contributed by atoms with E-state index < -0.39 is 22.2 Å². The number of benzene rings is 2. The van der Waals surface area contributed by atoms with Gasteiger partial charge in [-0.25, -0.2) is 17.9 Å². The Morgan fingerprint density at radius 3 is 2.62 bits per heavy atom. The number of carbonyl (C=O) groups is 1. The van der Waals surface area contributed by atoms with Crippen LogP contribution in [0.4, 0.5) is 10.5 Å². The van der Waals surface area contributed by atoms with E-state index in [9.17, 15) is 13.2 Å². The van der Waals surface area contributed by atoms with E-state index in [1.54, 1.807) is 12.1 Å². The first-order chi connectivity index (χ1) is 12.4. The summed E-state index contributed by atoms with van der Waals surface area (Å²) in [6.07, 6.45) is -1.04. The molecule has 0 saturated carbocycles. The van der Waals surface area contributed by atoms with Crippen LogP contribution in [0, 0.1) is 6.92 Å². The van der Waals surface area contributed by atoms with Gasteiger partial charge in [-0.15, -0.1) is 0 Å². The lowest BCUT2D eigenvalue weighted by atomic mass is 10.2. The number of anilines is 1. The molecule has 1 aliphatic heterocycles. The van der Waals surface area contributed by atoms with Crippen LogP contribution in [0.25, 0.3) is 0 Å². The Hall–Kier alpha value is -2.58. The summed E-state index contributed by atoms with van der Waals surface area (Å²) in [6.45, 7) is 2.22. The number of nitrogens with zero attached hydrogens (tertiary/aromatic N) is 1. The molecule has 8 heteroatoms. The molecule has 1 fully saturated rings. The molecular weight excluding hydrogens is 356 g/mol. The van der Waals surface area contributed by atoms with Crippen LogP contribution < -0.4 is 14.4 Å². The fourth-order valence-electron chi connectivity index (χ4n) is 2.68. The van der Waals surface area contributed by atoms with Crippen molar-refractivity contribution >= 4 is 21.8 Å². The smallest absolute Gasteiger partial charge is 0.414 e. The van der Waals surface area contributed by atoms with Crippen LogP contribution in [-0.2, 0) is 14.8 Å². The van der Waals surface area contributed by atoms with Crippen LogP contribution in [0.3, 0.4) is 0 Å². The molecule has 1 unspecified atom stereocenters. The molecule has 1 N–H and O–H groups in total. The van der Waals surface area contributed by atoms with E-state index in [1.165, 1.54) is 24.1 Å². The van der Waals surface area contributed by atoms with Crippen LogP contribution >= 0.6 is 0 Å². The molecule has 1 heterocycles. The van der Waals surface area contributed by atoms with Gasteiger partial charge < -0.3 is 9.47 Å². The van der Waals surface area contributed by atoms with Crippen molar-refractivity contribution in [1.29, 1.82) is 0 Å². The van der Waals surface area contributed by atoms with Crippen molar-refractivity contribution in [1.82, 2.24) is 4.72 Å². The molecule has 0 aromatic heterocycles. The first-order valence-electron chi connectivity index (χ1n) is 8.07. The average Bonchev–Trinajstić information content (AvgIpc) is 3.01. The van der Waals surface area contributed by atoms with Gasteiger partial charge in [0, 0.05) is 12.2 Å². The quantitative estimate of drug-likeness (QED) is 0.836. The van der Waals surface area contributed by atoms with Crippen molar-refractivity contribution in [2.24, 2.45) is 0 Å². The summed E-state index contributed by atoms with van der Waals surface area (Å²) in [6, 6.07) is 13.6. The minimum Gasteiger partial charge on any atom is -0.497 e. The van der Waals surface area contributed by atoms with Gasteiger partial charge in [0.15, 0.2) is 0 Å². The highest BCUT2D eigenvalue weighted by Crippen LogP contribution is 2.22. The molecule has 1 aliphatic rings. The van der Waals surface area contributed by atoms with Gasteiger partial charge in [0.05, 0.1) is 18.6 Å². The molecule has 2 aromatic rings. The second-order valence-corrected chi connectivity index (χ2v) is 7.75. The lowest BCUT2D eigenvalue weighted by Gasteiger charge is -2.13. The summed E-state index contributed by atoms with van der Waals surface area (Å²) < 4.78 is 37.5. The van der Waals surface area contributed by atoms with E-state index in [0.717, 1.165) is 11.3 Å². The molecule has 1 saturated heterocycles. The van der Waals surface area contributed by atoms with Crippen LogP contribution in [0.5, 0.6) is 5.75 Å². The monoisotopic (exact) mass is 376 g/mol. The van der Waals surface area contributed by atoms with Gasteiger partial charge in [0.2, 0.25) is 10.0 Å². The van der Waals surface area contributed by atoms with E-state index >= 15 is 0 Å². The summed E-state index contributed by atoms with van der Waals surface area (Å²) in [7, 11) is -2.18. The van der Waals surface area contributed by atoms with Crippen LogP contribution in [0.2, 0.25) is 0 Å². The van der Waals surface area contributed by atoms with Crippen molar-refractivity contribution in [3.8, 4) is 5.75 Å². The van der Waals surface area contributed by atoms with E-state index in [2.05, 4.69) is 4.72 Å². The fourth-order valence-corrected chi connectivity index (χ4v) is 3.74. The third-order valence-corrected chi connectivity index (χ3v) is 5.50. The average molecular weight is 376 g/mol. The number of rotatable bonds is 6. The van der Waals surface area contributed by atoms with Gasteiger partial charge in [-0.05, 0) is 48.9 Å². The van der Waals surface area contributed by atoms with Gasteiger partial charge in [-0.3, -0.25) is 4.90 Å². The summed E-state index contributed by atoms with van der Waals surface area (Å²) in [5.41, 5.74) is 1.76. The highest BCUT2D eigenvalue weighted by molar-refractivity contribution is 7.89. The fraction of sp³-hybridized carbons (Fsp3) is 0.278. The molecule has 3 rings (SSSR count). The largest absolute Gasteiger partial charge is 0.497 e. The summed E-state index contributed by atoms with van der Waals surface area (Å²) >= 11 is 0. The molecular formula is C18H20N2O5S. The molecule has 0 aliphatic carbocycles. The zero-order valence-electron chi connectivity index (χ0n) is 14.5. The summed E-state index contributed by atoms with van der Waals surface area (Å²) in [4.78, 5) is 13.7. The van der Waals surface area contributed by atoms with Crippen LogP contribution in [0.15, 0.2) is 53.4 Å². The highest BCUT2D eigenvalue weighted by Gasteiger charge is 2.33. The number of cyclic esters (lactones) is 1. The van der Waals surface area contributed by atoms with Crippen molar-refractivity contribution in [2.75, 3.05) is 25.1 Å². The molecule has 1 atom stereocenters. The predicted octanol–water partition coefficient (Wildman–Crippen LogP) is 2.31. The summed E-state index contributed by atoms with van der Waals surface area (Å²) in [5.74, 6) is 0.572. The number of carbonyl (C=O) groups excluding carboxylic acids is 1. The van der Waals surface area contributed by atoms with Crippen LogP contribution in [-0.4, -0.2) is 40.8 Å². The van der Waals surface area contributed by atoms with Gasteiger partial charge in [0.25, 0.3) is 0 Å². The Balaban J connectivity index is 1.63. The summed E-state index contributed by atoms with van der Waals surface area (Å²) in [5, 5.41) is 0. The van der Waals surface area contributed by atoms with Gasteiger partial charge >= 0.3 is 6.09 Å². The molecule has 26 heavy (non-hydrogen) atoms. The van der Waals surface area contributed by atoms with Crippen molar-refractivity contribution in [3.63, 3.8) is 0 Å². The minimum atomic E-state index is -3.69. The minimum absolute atomic E-state index is 0.00240. The molecule has 1 amide bonds. The normalized spacial score (nSPS) is 17.2. The Labute approximate surface area is 152 Å². The highest BCUT2D eigenvalue weighted by atomic mass is 32.2. The van der Waals surface area contributed by atoms with Crippen LogP contribution in [0.1, 0.15) is 5.56 Å². The molecule has 138 valence electrons. The zero-order chi connectivity index (χ0) is 18.7. The lowest BCUT2D eigenvalue weighted by Crippen LogP contribution is -2.34. The van der Waals surface area contributed by atoms with E-state index in [-0.39, 0.29) is 18.0 Å². The Morgan fingerprint density at radius 2 is 1.96 bits per heavy atom. The number of hydrogen-bond acceptors (Lipinski definition) is 5. The van der Waals surface area contributed by atoms with E-state index in [4.69, 9.17) is 9.47 Å². The Bertz CT molecular complexity index is 896. The molecule has 0 spiro atoms. The molecule has 0 bridgehead atoms. The number of hydrogen-bond donors (Lipinski definition) is 1. The topological polar surface area (TPSA) is 84.9 Å². The standard InChI is InChI=1S/C18H20N2O5S/c1-13-4-3-5-14(10-13)20-12-16(25-18(20)21)11-19-26(22,23)17-8-6-15(24-2)7-9-17/h3-10,16,19H,11-12H2,1-2H3. The predicted molar refractivity (Wildman–Crippen MR) is 97.0 cm³/mol. The number of methoxy groups -OCH3 is 1. The van der Waals surface area contributed by atoms with Crippen molar-refractivity contribution < 1.29 is 22.7 Å². The Kier molecular flexibility index (Phi) is 5.15. The lowest BCUT2D eigenvalue weighted by molar-refractivity contribution is 0.143. The SMILES string of the molecule is COc1ccc(S(=O)(=O)NCC2CN(c3cccc(C)c3)C(=O)O2)cc1. The van der Waals surface area contributed by atoms with E-state index in [0.29, 0.717) is 5.75 Å². The van der Waals surface area contributed by atoms with Gasteiger partial charge in [-0.1, -0.05) is 12.1 Å². The third-order valence-electron chi connectivity index (χ3n) is 4.06. The second-order valence-electron chi connectivity index (χ2n) is 5.98. The van der Waals surface area contributed by atoms with E-state index in [1.807, 2.05) is 31.2 Å². The molecule has 0 radical (unpaired) electrons. The number of sulfonamides is 1. The maximum Gasteiger partial charge on any atom is 0.414 e. The second kappa shape index (κ2) is 7.35. The third kappa shape index (κ3) is 3.97. The Morgan fingerprint density at radius 1 is 1.23 bits per heavy atom. The number of ether oxygens (including phenoxy) is 2. The number of nitrogens with one attached hydrogen (secondary N) is 1. The maximum atomic E-state index is 12.4. The van der Waals surface area contributed by atoms with Gasteiger partial charge in [-0.2, -0.15) is 0 Å².